The molecule has 0 aromatic heterocycles. The number of aryl methyl sites for hydroxylation is 2. The number of halogens is 9. The second-order valence-electron chi connectivity index (χ2n) is 7.19. The fourth-order valence-corrected chi connectivity index (χ4v) is 3.73. The van der Waals surface area contributed by atoms with Crippen molar-refractivity contribution in [2.75, 3.05) is 0 Å². The van der Waals surface area contributed by atoms with E-state index in [9.17, 15) is 40.3 Å². The van der Waals surface area contributed by atoms with E-state index in [1.165, 1.54) is 12.1 Å². The van der Waals surface area contributed by atoms with Crippen molar-refractivity contribution in [1.82, 2.24) is 0 Å². The Bertz CT molecular complexity index is 1100. The van der Waals surface area contributed by atoms with Gasteiger partial charge in [0.2, 0.25) is 0 Å². The molecule has 1 N–H and O–H groups in total. The van der Waals surface area contributed by atoms with Gasteiger partial charge in [-0.05, 0) is 54.8 Å². The lowest BCUT2D eigenvalue weighted by Gasteiger charge is -2.31. The quantitative estimate of drug-likeness (QED) is 0.190. The first-order valence-electron chi connectivity index (χ1n) is 8.96. The van der Waals surface area contributed by atoms with Gasteiger partial charge in [-0.1, -0.05) is 23.7 Å². The van der Waals surface area contributed by atoms with E-state index in [0.717, 1.165) is 19.9 Å². The molecule has 2 aromatic rings. The van der Waals surface area contributed by atoms with Crippen molar-refractivity contribution in [2.24, 2.45) is 0 Å². The molecule has 0 aliphatic heterocycles. The van der Waals surface area contributed by atoms with Gasteiger partial charge in [-0.3, -0.25) is 9.59 Å². The van der Waals surface area contributed by atoms with Gasteiger partial charge in [0.25, 0.3) is 5.24 Å². The number of hydrogen-bond acceptors (Lipinski definition) is 3. The van der Waals surface area contributed by atoms with Gasteiger partial charge >= 0.3 is 18.0 Å². The normalized spacial score (nSPS) is 12.6. The molecule has 0 aliphatic rings. The largest absolute Gasteiger partial charge is 0.435 e. The SMILES string of the molecule is Cc1cc(C(F)(C(F)(F)F)C(F)(F)F)cc(C)c1C(=N)CC(=O)c1ccc(Cl)c(C(=O)Cl)c1. The van der Waals surface area contributed by atoms with Crippen LogP contribution < -0.4 is 0 Å². The van der Waals surface area contributed by atoms with Gasteiger partial charge < -0.3 is 5.41 Å². The Morgan fingerprint density at radius 3 is 1.82 bits per heavy atom. The number of Topliss-reactive ketones (excluding diaryl/α,β-unsaturated/α-hetero) is 1. The van der Waals surface area contributed by atoms with Crippen molar-refractivity contribution in [3.63, 3.8) is 0 Å². The van der Waals surface area contributed by atoms with Gasteiger partial charge in [0.15, 0.2) is 5.78 Å². The monoisotopic (exact) mass is 515 g/mol. The molecule has 178 valence electrons. The van der Waals surface area contributed by atoms with Crippen molar-refractivity contribution in [2.45, 2.75) is 38.3 Å². The molecular formula is C21H14Cl2F7NO2. The van der Waals surface area contributed by atoms with Crippen LogP contribution in [0.4, 0.5) is 30.7 Å². The number of carbonyl (C=O) groups is 2. The number of hydrogen-bond donors (Lipinski definition) is 1. The average molecular weight is 516 g/mol. The maximum Gasteiger partial charge on any atom is 0.435 e. The highest BCUT2D eigenvalue weighted by molar-refractivity contribution is 6.68. The zero-order valence-corrected chi connectivity index (χ0v) is 18.3. The van der Waals surface area contributed by atoms with Crippen molar-refractivity contribution in [3.8, 4) is 0 Å². The van der Waals surface area contributed by atoms with E-state index in [4.69, 9.17) is 28.6 Å². The van der Waals surface area contributed by atoms with Crippen LogP contribution in [-0.4, -0.2) is 29.1 Å². The Labute approximate surface area is 193 Å². The maximum absolute atomic E-state index is 14.4. The van der Waals surface area contributed by atoms with E-state index in [0.29, 0.717) is 12.1 Å². The first-order chi connectivity index (χ1) is 14.9. The summed E-state index contributed by atoms with van der Waals surface area (Å²) in [4.78, 5) is 23.9. The fraction of sp³-hybridized carbons (Fsp3) is 0.286. The Kier molecular flexibility index (Phi) is 7.35. The number of benzene rings is 2. The summed E-state index contributed by atoms with van der Waals surface area (Å²) in [7, 11) is 0. The minimum Gasteiger partial charge on any atom is -0.304 e. The molecule has 3 nitrogen and oxygen atoms in total. The molecular weight excluding hydrogens is 502 g/mol. The molecule has 0 unspecified atom stereocenters. The number of ketones is 1. The third-order valence-corrected chi connectivity index (χ3v) is 5.38. The molecule has 0 amide bonds. The molecule has 0 bridgehead atoms. The van der Waals surface area contributed by atoms with Crippen molar-refractivity contribution in [1.29, 1.82) is 5.41 Å². The lowest BCUT2D eigenvalue weighted by molar-refractivity contribution is -0.348. The zero-order chi connectivity index (χ0) is 25.5. The third kappa shape index (κ3) is 5.06. The van der Waals surface area contributed by atoms with Crippen LogP contribution in [-0.2, 0) is 5.67 Å². The second-order valence-corrected chi connectivity index (χ2v) is 7.94. The molecule has 33 heavy (non-hydrogen) atoms. The maximum atomic E-state index is 14.4. The molecule has 12 heteroatoms. The molecule has 0 spiro atoms. The Hall–Kier alpha value is -2.46. The first-order valence-corrected chi connectivity index (χ1v) is 9.71. The Balaban J connectivity index is 2.45. The summed E-state index contributed by atoms with van der Waals surface area (Å²) in [5, 5.41) is 7.21. The summed E-state index contributed by atoms with van der Waals surface area (Å²) >= 11 is 11.2. The molecule has 0 saturated carbocycles. The van der Waals surface area contributed by atoms with E-state index in [1.54, 1.807) is 0 Å². The predicted molar refractivity (Wildman–Crippen MR) is 108 cm³/mol. The van der Waals surface area contributed by atoms with Crippen LogP contribution in [0.3, 0.4) is 0 Å². The second kappa shape index (κ2) is 9.06. The molecule has 0 fully saturated rings. The van der Waals surface area contributed by atoms with E-state index < -0.39 is 46.7 Å². The average Bonchev–Trinajstić information content (AvgIpc) is 2.64. The zero-order valence-electron chi connectivity index (χ0n) is 16.8. The molecule has 0 saturated heterocycles. The molecule has 0 heterocycles. The van der Waals surface area contributed by atoms with Crippen LogP contribution in [0, 0.1) is 19.3 Å². The number of alkyl halides is 7. The first kappa shape index (κ1) is 26.8. The van der Waals surface area contributed by atoms with Gasteiger partial charge in [0, 0.05) is 22.4 Å². The highest BCUT2D eigenvalue weighted by Gasteiger charge is 2.73. The molecule has 0 radical (unpaired) electrons. The summed E-state index contributed by atoms with van der Waals surface area (Å²) in [6.45, 7) is 2.20. The van der Waals surface area contributed by atoms with Crippen LogP contribution in [0.15, 0.2) is 30.3 Å². The van der Waals surface area contributed by atoms with E-state index in [2.05, 4.69) is 0 Å². The van der Waals surface area contributed by atoms with Crippen LogP contribution in [0.1, 0.15) is 49.4 Å². The summed E-state index contributed by atoms with van der Waals surface area (Å²) in [5.41, 5.74) is -8.55. The number of carbonyl (C=O) groups excluding carboxylic acids is 2. The van der Waals surface area contributed by atoms with Gasteiger partial charge in [0.05, 0.1) is 17.0 Å². The van der Waals surface area contributed by atoms with E-state index >= 15 is 0 Å². The number of rotatable bonds is 6. The molecule has 2 aromatic carbocycles. The highest BCUT2D eigenvalue weighted by Crippen LogP contribution is 2.53. The van der Waals surface area contributed by atoms with Crippen LogP contribution >= 0.6 is 23.2 Å². The van der Waals surface area contributed by atoms with Crippen LogP contribution in [0.25, 0.3) is 0 Å². The topological polar surface area (TPSA) is 58.0 Å². The van der Waals surface area contributed by atoms with Crippen molar-refractivity contribution >= 4 is 39.9 Å². The predicted octanol–water partition coefficient (Wildman–Crippen LogP) is 7.27. The summed E-state index contributed by atoms with van der Waals surface area (Å²) in [6, 6.07) is 4.30. The standard InChI is InChI=1S/C21H14Cl2F7NO2/c1-9-5-12(19(24,20(25,26)27)21(28,29)30)6-10(2)17(9)15(31)8-16(32)11-3-4-14(22)13(7-11)18(23)33/h3-7,31H,8H2,1-2H3. The lowest BCUT2D eigenvalue weighted by atomic mass is 9.86. The Morgan fingerprint density at radius 1 is 0.909 bits per heavy atom. The minimum absolute atomic E-state index is 0.0204. The minimum atomic E-state index is -6.28. The van der Waals surface area contributed by atoms with E-state index in [-0.39, 0.29) is 32.8 Å². The van der Waals surface area contributed by atoms with Gasteiger partial charge in [0.1, 0.15) is 0 Å². The fourth-order valence-electron chi connectivity index (χ4n) is 3.33. The van der Waals surface area contributed by atoms with E-state index in [1.807, 2.05) is 0 Å². The van der Waals surface area contributed by atoms with Crippen LogP contribution in [0.5, 0.6) is 0 Å². The summed E-state index contributed by atoms with van der Waals surface area (Å²) in [6.07, 6.45) is -13.2. The van der Waals surface area contributed by atoms with Crippen molar-refractivity contribution < 1.29 is 40.3 Å². The van der Waals surface area contributed by atoms with Gasteiger partial charge in [-0.2, -0.15) is 26.3 Å². The Morgan fingerprint density at radius 2 is 1.39 bits per heavy atom. The smallest absolute Gasteiger partial charge is 0.304 e. The van der Waals surface area contributed by atoms with Gasteiger partial charge in [-0.15, -0.1) is 0 Å². The molecule has 0 aliphatic carbocycles. The van der Waals surface area contributed by atoms with Gasteiger partial charge in [-0.25, -0.2) is 4.39 Å². The summed E-state index contributed by atoms with van der Waals surface area (Å²) in [5.74, 6) is -0.691. The molecule has 2 rings (SSSR count). The highest BCUT2D eigenvalue weighted by atomic mass is 35.5. The molecule has 0 atom stereocenters. The van der Waals surface area contributed by atoms with Crippen molar-refractivity contribution in [3.05, 3.63) is 68.7 Å². The third-order valence-electron chi connectivity index (χ3n) is 4.85. The summed E-state index contributed by atoms with van der Waals surface area (Å²) < 4.78 is 92.8. The lowest BCUT2D eigenvalue weighted by Crippen LogP contribution is -2.50. The number of nitrogens with one attached hydrogen (secondary N) is 1. The van der Waals surface area contributed by atoms with Crippen LogP contribution in [0.2, 0.25) is 5.02 Å².